The van der Waals surface area contributed by atoms with E-state index >= 15 is 0 Å². The van der Waals surface area contributed by atoms with E-state index in [0.29, 0.717) is 6.07 Å². The van der Waals surface area contributed by atoms with Gasteiger partial charge in [-0.2, -0.15) is 26.3 Å². The van der Waals surface area contributed by atoms with Gasteiger partial charge in [0.15, 0.2) is 28.6 Å². The fraction of sp³-hybridized carbons (Fsp3) is 0.364. The van der Waals surface area contributed by atoms with Gasteiger partial charge in [0, 0.05) is 6.07 Å². The van der Waals surface area contributed by atoms with E-state index < -0.39 is 59.6 Å². The maximum Gasteiger partial charge on any atom is 0.673 e. The molecule has 1 atom stereocenters. The Morgan fingerprint density at radius 3 is 2.05 bits per heavy atom. The maximum absolute atomic E-state index is 14.4. The molecule has 0 bridgehead atoms. The number of ether oxygens (including phenoxy) is 2. The van der Waals surface area contributed by atoms with E-state index in [4.69, 9.17) is 21.1 Å². The Bertz CT molecular complexity index is 1340. The number of halogens is 12. The van der Waals surface area contributed by atoms with Crippen LogP contribution >= 0.6 is 11.6 Å². The number of benzene rings is 2. The second kappa shape index (κ2) is 12.1. The van der Waals surface area contributed by atoms with E-state index in [2.05, 4.69) is 0 Å². The molecule has 1 aromatic heterocycles. The normalized spacial score (nSPS) is 13.1. The van der Waals surface area contributed by atoms with Gasteiger partial charge in [-0.1, -0.05) is 11.6 Å². The third kappa shape index (κ3) is 7.91. The van der Waals surface area contributed by atoms with Crippen LogP contribution in [-0.2, 0) is 28.4 Å². The Kier molecular flexibility index (Phi) is 9.98. The average Bonchev–Trinajstić information content (AvgIpc) is 3.13. The minimum absolute atomic E-state index is 0.0580. The van der Waals surface area contributed by atoms with Crippen LogP contribution in [0.3, 0.4) is 0 Å². The van der Waals surface area contributed by atoms with Gasteiger partial charge < -0.3 is 26.7 Å². The molecule has 18 heteroatoms. The van der Waals surface area contributed by atoms with Gasteiger partial charge in [0.1, 0.15) is 5.75 Å². The highest BCUT2D eigenvalue weighted by molar-refractivity contribution is 6.50. The van der Waals surface area contributed by atoms with E-state index in [1.165, 1.54) is 32.9 Å². The van der Waals surface area contributed by atoms with Gasteiger partial charge in [-0.3, -0.25) is 0 Å². The summed E-state index contributed by atoms with van der Waals surface area (Å²) in [5.74, 6) is -4.42. The summed E-state index contributed by atoms with van der Waals surface area (Å²) < 4.78 is 146. The lowest BCUT2D eigenvalue weighted by Crippen LogP contribution is -2.42. The number of hydrogen-bond acceptors (Lipinski definition) is 3. The monoisotopic (exact) mass is 614 g/mol. The van der Waals surface area contributed by atoms with Crippen LogP contribution < -0.4 is 9.30 Å². The van der Waals surface area contributed by atoms with E-state index in [1.807, 2.05) is 0 Å². The van der Waals surface area contributed by atoms with Gasteiger partial charge in [0.25, 0.3) is 0 Å². The number of nitrogens with zero attached hydrogens (tertiary/aromatic N) is 2. The molecule has 3 rings (SSSR count). The van der Waals surface area contributed by atoms with Crippen LogP contribution in [0.15, 0.2) is 30.3 Å². The van der Waals surface area contributed by atoms with Crippen LogP contribution in [0.1, 0.15) is 38.2 Å². The first-order chi connectivity index (χ1) is 18.2. The van der Waals surface area contributed by atoms with Crippen LogP contribution in [0.4, 0.5) is 48.0 Å². The number of aromatic nitrogens is 2. The Morgan fingerprint density at radius 1 is 1.02 bits per heavy atom. The van der Waals surface area contributed by atoms with Crippen molar-refractivity contribution < 1.29 is 66.8 Å². The van der Waals surface area contributed by atoms with Crippen molar-refractivity contribution in [3.05, 3.63) is 52.6 Å². The van der Waals surface area contributed by atoms with Crippen LogP contribution in [0, 0.1) is 5.82 Å². The molecule has 222 valence electrons. The zero-order valence-corrected chi connectivity index (χ0v) is 21.4. The Hall–Kier alpha value is -3.24. The van der Waals surface area contributed by atoms with Gasteiger partial charge in [0.05, 0.1) is 23.7 Å². The molecule has 0 saturated carbocycles. The number of imidazole rings is 1. The van der Waals surface area contributed by atoms with Gasteiger partial charge in [-0.15, -0.1) is 0 Å². The molecule has 0 fully saturated rings. The molecular formula is C22H19BClF11N2O3. The van der Waals surface area contributed by atoms with Gasteiger partial charge in [-0.25, -0.2) is 18.3 Å². The highest BCUT2D eigenvalue weighted by Gasteiger charge is 2.49. The van der Waals surface area contributed by atoms with Crippen LogP contribution in [0.25, 0.3) is 11.0 Å². The first-order valence-electron chi connectivity index (χ1n) is 11.1. The van der Waals surface area contributed by atoms with Crippen molar-refractivity contribution in [1.82, 2.24) is 4.57 Å². The van der Waals surface area contributed by atoms with E-state index in [9.17, 15) is 52.8 Å². The predicted octanol–water partition coefficient (Wildman–Crippen LogP) is 8.00. The number of alkyl halides is 6. The molecule has 1 unspecified atom stereocenters. The minimum Gasteiger partial charge on any atom is -0.463 e. The van der Waals surface area contributed by atoms with Crippen LogP contribution in [-0.4, -0.2) is 24.4 Å². The summed E-state index contributed by atoms with van der Waals surface area (Å²) in [6.07, 6.45) is -9.71. The quantitative estimate of drug-likeness (QED) is 0.122. The standard InChI is InChI=1S/C22H19ClF7N2O3.BF4/c1-4-31-16-7-6-13(35-18-14(23)8-12(9-15(18)24)21(25,26)27)10-17(16)32(20(31)22(28,29)30)11(3)19(33)34-5-2;2-1(3,4)5/h6-11H,4-5H2,1-3H3;/q+1;-1. The molecule has 0 aliphatic carbocycles. The van der Waals surface area contributed by atoms with Gasteiger partial charge >= 0.3 is 31.4 Å². The molecule has 40 heavy (non-hydrogen) atoms. The Balaban J connectivity index is 0.00000103. The van der Waals surface area contributed by atoms with Crippen LogP contribution in [0.2, 0.25) is 5.02 Å². The van der Waals surface area contributed by atoms with Crippen molar-refractivity contribution in [3.63, 3.8) is 0 Å². The van der Waals surface area contributed by atoms with Crippen LogP contribution in [0.5, 0.6) is 11.5 Å². The lowest BCUT2D eigenvalue weighted by Gasteiger charge is -2.13. The van der Waals surface area contributed by atoms with E-state index in [0.717, 1.165) is 15.2 Å². The summed E-state index contributed by atoms with van der Waals surface area (Å²) in [6.45, 7) is 4.05. The molecule has 1 heterocycles. The summed E-state index contributed by atoms with van der Waals surface area (Å²) in [4.78, 5) is 12.3. The number of carbonyl (C=O) groups is 1. The zero-order chi connectivity index (χ0) is 30.8. The molecule has 3 aromatic rings. The van der Waals surface area contributed by atoms with Crippen molar-refractivity contribution in [2.24, 2.45) is 0 Å². The number of aryl methyl sites for hydroxylation is 1. The van der Waals surface area contributed by atoms with E-state index in [1.54, 1.807) is 0 Å². The first kappa shape index (κ1) is 33.0. The van der Waals surface area contributed by atoms with Gasteiger partial charge in [0.2, 0.25) is 0 Å². The lowest BCUT2D eigenvalue weighted by atomic mass is 10.2. The summed E-state index contributed by atoms with van der Waals surface area (Å²) >= 11 is 5.79. The predicted molar refractivity (Wildman–Crippen MR) is 121 cm³/mol. The van der Waals surface area contributed by atoms with Gasteiger partial charge in [-0.05, 0) is 45.0 Å². The van der Waals surface area contributed by atoms with Crippen molar-refractivity contribution in [1.29, 1.82) is 0 Å². The molecular weight excluding hydrogens is 595 g/mol. The number of rotatable bonds is 6. The van der Waals surface area contributed by atoms with E-state index in [-0.39, 0.29) is 36.0 Å². The SMILES string of the molecule is CCOC(=O)C(C)n1c(C(F)(F)F)[n+](CC)c2ccc(Oc3c(F)cc(C(F)(F)F)cc3Cl)cc21.F[B-](F)(F)F. The average molecular weight is 615 g/mol. The van der Waals surface area contributed by atoms with Crippen molar-refractivity contribution in [2.75, 3.05) is 6.61 Å². The molecule has 0 spiro atoms. The fourth-order valence-corrected chi connectivity index (χ4v) is 3.90. The second-order valence-electron chi connectivity index (χ2n) is 7.88. The van der Waals surface area contributed by atoms with Crippen molar-refractivity contribution in [3.8, 4) is 11.5 Å². The largest absolute Gasteiger partial charge is 0.673 e. The topological polar surface area (TPSA) is 44.3 Å². The third-order valence-electron chi connectivity index (χ3n) is 5.11. The summed E-state index contributed by atoms with van der Waals surface area (Å²) in [5, 5.41) is -0.688. The zero-order valence-electron chi connectivity index (χ0n) is 20.6. The van der Waals surface area contributed by atoms with Crippen molar-refractivity contribution in [2.45, 2.75) is 45.7 Å². The maximum atomic E-state index is 14.4. The highest BCUT2D eigenvalue weighted by atomic mass is 35.5. The molecule has 5 nitrogen and oxygen atoms in total. The molecule has 2 aromatic carbocycles. The molecule has 0 N–H and O–H groups in total. The molecule has 0 aliphatic rings. The number of fused-ring (bicyclic) bond motifs is 1. The number of hydrogen-bond donors (Lipinski definition) is 0. The number of carbonyl (C=O) groups excluding carboxylic acids is 1. The highest BCUT2D eigenvalue weighted by Crippen LogP contribution is 2.40. The summed E-state index contributed by atoms with van der Waals surface area (Å²) in [6, 6.07) is 2.84. The first-order valence-corrected chi connectivity index (χ1v) is 11.5. The molecule has 0 saturated heterocycles. The lowest BCUT2D eigenvalue weighted by molar-refractivity contribution is -0.689. The number of esters is 1. The third-order valence-corrected chi connectivity index (χ3v) is 5.39. The minimum atomic E-state index is -6.00. The van der Waals surface area contributed by atoms with Crippen molar-refractivity contribution >= 4 is 35.9 Å². The smallest absolute Gasteiger partial charge is 0.463 e. The summed E-state index contributed by atoms with van der Waals surface area (Å²) in [7, 11) is -6.00. The molecule has 0 amide bonds. The Labute approximate surface area is 224 Å². The molecule has 0 aliphatic heterocycles. The molecule has 0 radical (unpaired) electrons. The summed E-state index contributed by atoms with van der Waals surface area (Å²) in [5.41, 5.74) is -1.35. The Morgan fingerprint density at radius 2 is 1.60 bits per heavy atom. The fourth-order valence-electron chi connectivity index (χ4n) is 3.66. The second-order valence-corrected chi connectivity index (χ2v) is 8.29.